The summed E-state index contributed by atoms with van der Waals surface area (Å²) in [4.78, 5) is 0. The van der Waals surface area contributed by atoms with Crippen molar-refractivity contribution in [2.75, 3.05) is 7.05 Å². The zero-order valence-corrected chi connectivity index (χ0v) is 9.27. The molecule has 1 N–H and O–H groups in total. The molecule has 15 heavy (non-hydrogen) atoms. The normalized spacial score (nSPS) is 10.5. The summed E-state index contributed by atoms with van der Waals surface area (Å²) < 4.78 is 12.8. The van der Waals surface area contributed by atoms with Crippen LogP contribution in [0, 0.1) is 5.82 Å². The van der Waals surface area contributed by atoms with Gasteiger partial charge in [0, 0.05) is 6.54 Å². The molecule has 1 heterocycles. The van der Waals surface area contributed by atoms with Crippen LogP contribution in [0.3, 0.4) is 0 Å². The molecule has 0 aliphatic rings. The van der Waals surface area contributed by atoms with Gasteiger partial charge in [0.15, 0.2) is 0 Å². The van der Waals surface area contributed by atoms with E-state index in [0.717, 1.165) is 12.1 Å². The molecule has 3 heteroatoms. The van der Waals surface area contributed by atoms with Gasteiger partial charge in [-0.05, 0) is 46.6 Å². The second-order valence-electron chi connectivity index (χ2n) is 3.35. The quantitative estimate of drug-likeness (QED) is 0.838. The van der Waals surface area contributed by atoms with Gasteiger partial charge >= 0.3 is 0 Å². The lowest BCUT2D eigenvalue weighted by Gasteiger charge is -2.03. The minimum absolute atomic E-state index is 0.191. The molecule has 0 saturated carbocycles. The molecular formula is C12H12FNS. The van der Waals surface area contributed by atoms with E-state index in [0.29, 0.717) is 0 Å². The molecular weight excluding hydrogens is 209 g/mol. The van der Waals surface area contributed by atoms with E-state index < -0.39 is 0 Å². The molecule has 0 saturated heterocycles. The van der Waals surface area contributed by atoms with Crippen molar-refractivity contribution in [2.45, 2.75) is 6.54 Å². The van der Waals surface area contributed by atoms with Crippen LogP contribution in [0.4, 0.5) is 4.39 Å². The zero-order valence-electron chi connectivity index (χ0n) is 8.46. The number of hydrogen-bond donors (Lipinski definition) is 1. The monoisotopic (exact) mass is 221 g/mol. The van der Waals surface area contributed by atoms with Crippen molar-refractivity contribution in [2.24, 2.45) is 0 Å². The SMILES string of the molecule is CNCc1cscc1-c1ccc(F)cc1. The van der Waals surface area contributed by atoms with Crippen molar-refractivity contribution < 1.29 is 4.39 Å². The third kappa shape index (κ3) is 2.25. The first kappa shape index (κ1) is 10.3. The van der Waals surface area contributed by atoms with Crippen molar-refractivity contribution in [3.8, 4) is 11.1 Å². The number of rotatable bonds is 3. The molecule has 1 aromatic heterocycles. The molecule has 0 atom stereocenters. The van der Waals surface area contributed by atoms with E-state index in [2.05, 4.69) is 16.1 Å². The first-order valence-electron chi connectivity index (χ1n) is 4.77. The van der Waals surface area contributed by atoms with Crippen LogP contribution in [0.25, 0.3) is 11.1 Å². The van der Waals surface area contributed by atoms with Crippen molar-refractivity contribution >= 4 is 11.3 Å². The smallest absolute Gasteiger partial charge is 0.123 e. The Labute approximate surface area is 92.6 Å². The second kappa shape index (κ2) is 4.55. The predicted molar refractivity (Wildman–Crippen MR) is 62.5 cm³/mol. The summed E-state index contributed by atoms with van der Waals surface area (Å²) >= 11 is 1.67. The summed E-state index contributed by atoms with van der Waals surface area (Å²) in [6.07, 6.45) is 0. The zero-order chi connectivity index (χ0) is 10.7. The van der Waals surface area contributed by atoms with E-state index in [9.17, 15) is 4.39 Å². The van der Waals surface area contributed by atoms with Crippen molar-refractivity contribution in [3.63, 3.8) is 0 Å². The van der Waals surface area contributed by atoms with E-state index in [1.807, 2.05) is 19.2 Å². The lowest BCUT2D eigenvalue weighted by molar-refractivity contribution is 0.628. The Morgan fingerprint density at radius 1 is 1.20 bits per heavy atom. The summed E-state index contributed by atoms with van der Waals surface area (Å²) in [5, 5.41) is 7.34. The van der Waals surface area contributed by atoms with Crippen LogP contribution in [0.1, 0.15) is 5.56 Å². The summed E-state index contributed by atoms with van der Waals surface area (Å²) in [6.45, 7) is 0.843. The average molecular weight is 221 g/mol. The van der Waals surface area contributed by atoms with Gasteiger partial charge in [-0.2, -0.15) is 11.3 Å². The molecule has 0 aliphatic carbocycles. The third-order valence-electron chi connectivity index (χ3n) is 2.26. The van der Waals surface area contributed by atoms with Gasteiger partial charge in [-0.15, -0.1) is 0 Å². The topological polar surface area (TPSA) is 12.0 Å². The van der Waals surface area contributed by atoms with Gasteiger partial charge in [-0.1, -0.05) is 12.1 Å². The Hall–Kier alpha value is -1.19. The Morgan fingerprint density at radius 3 is 2.60 bits per heavy atom. The number of benzene rings is 1. The lowest BCUT2D eigenvalue weighted by Crippen LogP contribution is -2.04. The lowest BCUT2D eigenvalue weighted by atomic mass is 10.0. The van der Waals surface area contributed by atoms with Crippen LogP contribution < -0.4 is 5.32 Å². The van der Waals surface area contributed by atoms with E-state index in [1.54, 1.807) is 11.3 Å². The Morgan fingerprint density at radius 2 is 1.93 bits per heavy atom. The van der Waals surface area contributed by atoms with E-state index in [-0.39, 0.29) is 5.82 Å². The molecule has 0 radical (unpaired) electrons. The van der Waals surface area contributed by atoms with E-state index in [4.69, 9.17) is 0 Å². The largest absolute Gasteiger partial charge is 0.316 e. The summed E-state index contributed by atoms with van der Waals surface area (Å²) in [7, 11) is 1.92. The number of halogens is 1. The summed E-state index contributed by atoms with van der Waals surface area (Å²) in [5.74, 6) is -0.191. The van der Waals surface area contributed by atoms with Crippen molar-refractivity contribution in [1.29, 1.82) is 0 Å². The van der Waals surface area contributed by atoms with Gasteiger partial charge < -0.3 is 5.32 Å². The maximum absolute atomic E-state index is 12.8. The number of nitrogens with one attached hydrogen (secondary N) is 1. The van der Waals surface area contributed by atoms with Crippen LogP contribution in [0.2, 0.25) is 0 Å². The summed E-state index contributed by atoms with van der Waals surface area (Å²) in [6, 6.07) is 6.62. The van der Waals surface area contributed by atoms with E-state index >= 15 is 0 Å². The van der Waals surface area contributed by atoms with Gasteiger partial charge in [-0.25, -0.2) is 4.39 Å². The molecule has 0 amide bonds. The Balaban J connectivity index is 2.36. The highest BCUT2D eigenvalue weighted by molar-refractivity contribution is 7.08. The van der Waals surface area contributed by atoms with Gasteiger partial charge in [0.05, 0.1) is 0 Å². The fourth-order valence-corrected chi connectivity index (χ4v) is 2.40. The molecule has 0 aliphatic heterocycles. The highest BCUT2D eigenvalue weighted by atomic mass is 32.1. The number of hydrogen-bond acceptors (Lipinski definition) is 2. The van der Waals surface area contributed by atoms with Crippen molar-refractivity contribution in [3.05, 3.63) is 46.4 Å². The van der Waals surface area contributed by atoms with Gasteiger partial charge in [0.1, 0.15) is 5.82 Å². The van der Waals surface area contributed by atoms with Gasteiger partial charge in [0.25, 0.3) is 0 Å². The van der Waals surface area contributed by atoms with Crippen LogP contribution in [-0.4, -0.2) is 7.05 Å². The molecule has 0 fully saturated rings. The standard InChI is InChI=1S/C12H12FNS/c1-14-6-10-7-15-8-12(10)9-2-4-11(13)5-3-9/h2-5,7-8,14H,6H2,1H3. The molecule has 0 spiro atoms. The Bertz CT molecular complexity index is 433. The molecule has 1 aromatic carbocycles. The minimum Gasteiger partial charge on any atom is -0.316 e. The predicted octanol–water partition coefficient (Wildman–Crippen LogP) is 3.27. The third-order valence-corrected chi connectivity index (χ3v) is 3.06. The molecule has 1 nitrogen and oxygen atoms in total. The van der Waals surface area contributed by atoms with Crippen molar-refractivity contribution in [1.82, 2.24) is 5.32 Å². The molecule has 2 rings (SSSR count). The number of thiophene rings is 1. The van der Waals surface area contributed by atoms with Crippen LogP contribution >= 0.6 is 11.3 Å². The summed E-state index contributed by atoms with van der Waals surface area (Å²) in [5.41, 5.74) is 3.52. The van der Waals surface area contributed by atoms with Crippen LogP contribution in [0.5, 0.6) is 0 Å². The minimum atomic E-state index is -0.191. The fraction of sp³-hybridized carbons (Fsp3) is 0.167. The average Bonchev–Trinajstić information content (AvgIpc) is 2.68. The molecule has 0 unspecified atom stereocenters. The van der Waals surface area contributed by atoms with E-state index in [1.165, 1.54) is 23.3 Å². The molecule has 0 bridgehead atoms. The van der Waals surface area contributed by atoms with Crippen LogP contribution in [-0.2, 0) is 6.54 Å². The Kier molecular flexibility index (Phi) is 3.14. The highest BCUT2D eigenvalue weighted by Crippen LogP contribution is 2.27. The molecule has 78 valence electrons. The maximum atomic E-state index is 12.8. The van der Waals surface area contributed by atoms with Gasteiger partial charge in [-0.3, -0.25) is 0 Å². The fourth-order valence-electron chi connectivity index (χ4n) is 1.53. The van der Waals surface area contributed by atoms with Gasteiger partial charge in [0.2, 0.25) is 0 Å². The first-order chi connectivity index (χ1) is 7.31. The maximum Gasteiger partial charge on any atom is 0.123 e. The van der Waals surface area contributed by atoms with Crippen LogP contribution in [0.15, 0.2) is 35.0 Å². The first-order valence-corrected chi connectivity index (χ1v) is 5.71. The second-order valence-corrected chi connectivity index (χ2v) is 4.09. The molecule has 2 aromatic rings. The highest BCUT2D eigenvalue weighted by Gasteiger charge is 2.05.